The van der Waals surface area contributed by atoms with Crippen molar-refractivity contribution in [1.82, 2.24) is 15.3 Å². The van der Waals surface area contributed by atoms with Gasteiger partial charge < -0.3 is 14.6 Å². The van der Waals surface area contributed by atoms with E-state index < -0.39 is 0 Å². The van der Waals surface area contributed by atoms with Crippen molar-refractivity contribution < 1.29 is 14.3 Å². The number of rotatable bonds is 6. The predicted octanol–water partition coefficient (Wildman–Crippen LogP) is 2.17. The van der Waals surface area contributed by atoms with E-state index >= 15 is 0 Å². The number of aromatic nitrogens is 1. The fourth-order valence-corrected chi connectivity index (χ4v) is 2.73. The second kappa shape index (κ2) is 8.33. The maximum absolute atomic E-state index is 12.0. The van der Waals surface area contributed by atoms with Gasteiger partial charge in [-0.05, 0) is 61.7 Å². The summed E-state index contributed by atoms with van der Waals surface area (Å²) in [5.74, 6) is 0.357. The highest BCUT2D eigenvalue weighted by molar-refractivity contribution is 6.00. The SMILES string of the molecule is C/C(=N/NC(=O)c1ccc[nH]1)c1ccc(OCC(=O)N2CCCC2)cc1. The number of hydrazone groups is 1. The first-order valence-corrected chi connectivity index (χ1v) is 8.62. The third kappa shape index (κ3) is 4.50. The van der Waals surface area contributed by atoms with Crippen molar-refractivity contribution in [2.75, 3.05) is 19.7 Å². The van der Waals surface area contributed by atoms with Gasteiger partial charge in [0.1, 0.15) is 11.4 Å². The average Bonchev–Trinajstić information content (AvgIpc) is 3.38. The molecule has 3 rings (SSSR count). The molecule has 2 aromatic rings. The summed E-state index contributed by atoms with van der Waals surface area (Å²) in [6, 6.07) is 10.7. The minimum atomic E-state index is -0.297. The highest BCUT2D eigenvalue weighted by Gasteiger charge is 2.18. The number of likely N-dealkylation sites (tertiary alicyclic amines) is 1. The predicted molar refractivity (Wildman–Crippen MR) is 98.2 cm³/mol. The number of H-pyrrole nitrogens is 1. The molecule has 7 heteroatoms. The van der Waals surface area contributed by atoms with Crippen molar-refractivity contribution in [1.29, 1.82) is 0 Å². The number of hydrogen-bond acceptors (Lipinski definition) is 4. The second-order valence-electron chi connectivity index (χ2n) is 6.12. The van der Waals surface area contributed by atoms with Gasteiger partial charge >= 0.3 is 0 Å². The zero-order chi connectivity index (χ0) is 18.4. The molecule has 0 bridgehead atoms. The van der Waals surface area contributed by atoms with Crippen LogP contribution in [0.25, 0.3) is 0 Å². The Morgan fingerprint density at radius 2 is 1.92 bits per heavy atom. The lowest BCUT2D eigenvalue weighted by molar-refractivity contribution is -0.132. The molecule has 7 nitrogen and oxygen atoms in total. The van der Waals surface area contributed by atoms with E-state index in [9.17, 15) is 9.59 Å². The fourth-order valence-electron chi connectivity index (χ4n) is 2.73. The summed E-state index contributed by atoms with van der Waals surface area (Å²) in [5.41, 5.74) is 4.48. The zero-order valence-corrected chi connectivity index (χ0v) is 14.7. The maximum atomic E-state index is 12.0. The number of hydrogen-bond donors (Lipinski definition) is 2. The minimum absolute atomic E-state index is 0.0244. The summed E-state index contributed by atoms with van der Waals surface area (Å²) < 4.78 is 5.56. The third-order valence-electron chi connectivity index (χ3n) is 4.26. The van der Waals surface area contributed by atoms with E-state index in [1.165, 1.54) is 0 Å². The second-order valence-corrected chi connectivity index (χ2v) is 6.12. The van der Waals surface area contributed by atoms with Crippen molar-refractivity contribution in [3.8, 4) is 5.75 Å². The van der Waals surface area contributed by atoms with Crippen LogP contribution in [-0.4, -0.2) is 47.1 Å². The molecular formula is C19H22N4O3. The number of benzene rings is 1. The Kier molecular flexibility index (Phi) is 5.68. The maximum Gasteiger partial charge on any atom is 0.287 e. The van der Waals surface area contributed by atoms with Crippen LogP contribution in [0.15, 0.2) is 47.7 Å². The van der Waals surface area contributed by atoms with Gasteiger partial charge in [-0.15, -0.1) is 0 Å². The molecule has 2 heterocycles. The molecule has 0 spiro atoms. The topological polar surface area (TPSA) is 86.8 Å². The van der Waals surface area contributed by atoms with Gasteiger partial charge in [0, 0.05) is 19.3 Å². The van der Waals surface area contributed by atoms with Gasteiger partial charge in [0.05, 0.1) is 5.71 Å². The molecule has 2 amide bonds. The number of amides is 2. The first-order chi connectivity index (χ1) is 12.6. The van der Waals surface area contributed by atoms with Crippen molar-refractivity contribution in [3.63, 3.8) is 0 Å². The van der Waals surface area contributed by atoms with E-state index in [4.69, 9.17) is 4.74 Å². The number of ether oxygens (including phenoxy) is 1. The number of carbonyl (C=O) groups is 2. The van der Waals surface area contributed by atoms with Crippen LogP contribution in [-0.2, 0) is 4.79 Å². The fraction of sp³-hybridized carbons (Fsp3) is 0.316. The molecule has 1 aliphatic heterocycles. The number of carbonyl (C=O) groups excluding carboxylic acids is 2. The lowest BCUT2D eigenvalue weighted by atomic mass is 10.1. The average molecular weight is 354 g/mol. The van der Waals surface area contributed by atoms with Gasteiger partial charge in [-0.3, -0.25) is 9.59 Å². The molecule has 2 N–H and O–H groups in total. The summed E-state index contributed by atoms with van der Waals surface area (Å²) in [6.45, 7) is 3.51. The Hall–Kier alpha value is -3.09. The summed E-state index contributed by atoms with van der Waals surface area (Å²) in [4.78, 5) is 28.5. The summed E-state index contributed by atoms with van der Waals surface area (Å²) in [7, 11) is 0. The van der Waals surface area contributed by atoms with Crippen molar-refractivity contribution in [2.45, 2.75) is 19.8 Å². The van der Waals surface area contributed by atoms with Gasteiger partial charge in [0.25, 0.3) is 11.8 Å². The van der Waals surface area contributed by atoms with Crippen molar-refractivity contribution in [2.24, 2.45) is 5.10 Å². The molecule has 0 aliphatic carbocycles. The van der Waals surface area contributed by atoms with E-state index in [-0.39, 0.29) is 18.4 Å². The van der Waals surface area contributed by atoms with Crippen LogP contribution in [0.1, 0.15) is 35.8 Å². The molecule has 1 aromatic heterocycles. The third-order valence-corrected chi connectivity index (χ3v) is 4.26. The zero-order valence-electron chi connectivity index (χ0n) is 14.7. The van der Waals surface area contributed by atoms with Crippen LogP contribution in [0.3, 0.4) is 0 Å². The van der Waals surface area contributed by atoms with Gasteiger partial charge in [-0.25, -0.2) is 5.43 Å². The summed E-state index contributed by atoms with van der Waals surface area (Å²) in [5, 5.41) is 4.10. The Balaban J connectivity index is 1.52. The van der Waals surface area contributed by atoms with Crippen LogP contribution in [0.2, 0.25) is 0 Å². The highest BCUT2D eigenvalue weighted by Crippen LogP contribution is 2.14. The highest BCUT2D eigenvalue weighted by atomic mass is 16.5. The Morgan fingerprint density at radius 3 is 2.58 bits per heavy atom. The molecule has 0 radical (unpaired) electrons. The van der Waals surface area contributed by atoms with Crippen LogP contribution < -0.4 is 10.2 Å². The smallest absolute Gasteiger partial charge is 0.287 e. The van der Waals surface area contributed by atoms with E-state index in [1.54, 1.807) is 30.5 Å². The Labute approximate surface area is 152 Å². The molecule has 1 saturated heterocycles. The normalized spacial score (nSPS) is 14.3. The molecule has 0 unspecified atom stereocenters. The van der Waals surface area contributed by atoms with Gasteiger partial charge in [0.15, 0.2) is 6.61 Å². The number of aromatic amines is 1. The monoisotopic (exact) mass is 354 g/mol. The molecular weight excluding hydrogens is 332 g/mol. The lowest BCUT2D eigenvalue weighted by Crippen LogP contribution is -2.32. The molecule has 1 aliphatic rings. The molecule has 1 aromatic carbocycles. The summed E-state index contributed by atoms with van der Waals surface area (Å²) in [6.07, 6.45) is 3.82. The standard InChI is InChI=1S/C19H22N4O3/c1-14(21-22-19(25)17-5-4-10-20-17)15-6-8-16(9-7-15)26-13-18(24)23-11-2-3-12-23/h4-10,20H,2-3,11-13H2,1H3,(H,22,25)/b21-14-. The molecule has 1 fully saturated rings. The van der Waals surface area contributed by atoms with Crippen LogP contribution in [0, 0.1) is 0 Å². The molecule has 136 valence electrons. The Morgan fingerprint density at radius 1 is 1.19 bits per heavy atom. The largest absolute Gasteiger partial charge is 0.484 e. The minimum Gasteiger partial charge on any atom is -0.484 e. The molecule has 0 atom stereocenters. The van der Waals surface area contributed by atoms with E-state index in [0.717, 1.165) is 31.5 Å². The van der Waals surface area contributed by atoms with Crippen LogP contribution in [0.4, 0.5) is 0 Å². The van der Waals surface area contributed by atoms with Crippen molar-refractivity contribution in [3.05, 3.63) is 53.9 Å². The number of nitrogens with zero attached hydrogens (tertiary/aromatic N) is 2. The summed E-state index contributed by atoms with van der Waals surface area (Å²) >= 11 is 0. The van der Waals surface area contributed by atoms with Crippen molar-refractivity contribution >= 4 is 17.5 Å². The first kappa shape index (κ1) is 17.7. The van der Waals surface area contributed by atoms with E-state index in [2.05, 4.69) is 15.5 Å². The van der Waals surface area contributed by atoms with E-state index in [1.807, 2.05) is 24.0 Å². The van der Waals surface area contributed by atoms with Gasteiger partial charge in [0.2, 0.25) is 0 Å². The molecule has 0 saturated carbocycles. The first-order valence-electron chi connectivity index (χ1n) is 8.62. The Bertz CT molecular complexity index is 776. The number of nitrogens with one attached hydrogen (secondary N) is 2. The quantitative estimate of drug-likeness (QED) is 0.616. The van der Waals surface area contributed by atoms with Gasteiger partial charge in [-0.2, -0.15) is 5.10 Å². The van der Waals surface area contributed by atoms with Crippen LogP contribution in [0.5, 0.6) is 5.75 Å². The van der Waals surface area contributed by atoms with Crippen LogP contribution >= 0.6 is 0 Å². The lowest BCUT2D eigenvalue weighted by Gasteiger charge is -2.15. The van der Waals surface area contributed by atoms with Gasteiger partial charge in [-0.1, -0.05) is 0 Å². The molecule has 26 heavy (non-hydrogen) atoms. The van der Waals surface area contributed by atoms with E-state index in [0.29, 0.717) is 17.2 Å².